The molecule has 156 valence electrons. The number of benzene rings is 2. The molecular weight excluding hydrogens is 404 g/mol. The van der Waals surface area contributed by atoms with Gasteiger partial charge in [0.05, 0.1) is 0 Å². The molecule has 2 amide bonds. The van der Waals surface area contributed by atoms with E-state index in [1.807, 2.05) is 6.07 Å². The number of amides is 2. The van der Waals surface area contributed by atoms with Crippen molar-refractivity contribution in [2.75, 3.05) is 19.6 Å². The maximum Gasteiger partial charge on any atom is 0.285 e. The zero-order chi connectivity index (χ0) is 21.1. The summed E-state index contributed by atoms with van der Waals surface area (Å²) in [4.78, 5) is 26.7. The molecule has 2 N–H and O–H groups in total. The van der Waals surface area contributed by atoms with Gasteiger partial charge in [-0.05, 0) is 37.1 Å². The summed E-state index contributed by atoms with van der Waals surface area (Å²) in [6.45, 7) is 1.14. The van der Waals surface area contributed by atoms with Crippen LogP contribution in [0.4, 0.5) is 0 Å². The lowest BCUT2D eigenvalue weighted by Gasteiger charge is -2.25. The Hall–Kier alpha value is -3.20. The van der Waals surface area contributed by atoms with E-state index >= 15 is 0 Å². The molecule has 1 fully saturated rings. The Morgan fingerprint density at radius 3 is 2.50 bits per heavy atom. The molecule has 2 aromatic carbocycles. The van der Waals surface area contributed by atoms with Gasteiger partial charge >= 0.3 is 0 Å². The third-order valence-corrected chi connectivity index (χ3v) is 6.51. The molecule has 8 nitrogen and oxygen atoms in total. The van der Waals surface area contributed by atoms with Gasteiger partial charge in [0.25, 0.3) is 15.9 Å². The first-order valence-corrected chi connectivity index (χ1v) is 11.2. The Morgan fingerprint density at radius 2 is 1.70 bits per heavy atom. The van der Waals surface area contributed by atoms with Crippen LogP contribution in [0.1, 0.15) is 28.8 Å². The molecule has 2 aromatic rings. The second-order valence-corrected chi connectivity index (χ2v) is 8.72. The van der Waals surface area contributed by atoms with E-state index in [2.05, 4.69) is 15.0 Å². The highest BCUT2D eigenvalue weighted by Gasteiger charge is 2.39. The minimum Gasteiger partial charge on any atom is -0.353 e. The van der Waals surface area contributed by atoms with E-state index in [1.54, 1.807) is 47.4 Å². The molecule has 1 saturated heterocycles. The average Bonchev–Trinajstić information content (AvgIpc) is 3.34. The number of sulfonamides is 1. The minimum absolute atomic E-state index is 0.176. The number of rotatable bonds is 5. The van der Waals surface area contributed by atoms with Crippen molar-refractivity contribution in [3.63, 3.8) is 0 Å². The lowest BCUT2D eigenvalue weighted by atomic mass is 10.1. The van der Waals surface area contributed by atoms with Crippen LogP contribution >= 0.6 is 0 Å². The number of hydrogen-bond acceptors (Lipinski definition) is 5. The van der Waals surface area contributed by atoms with Gasteiger partial charge in [-0.2, -0.15) is 8.42 Å². The quantitative estimate of drug-likeness (QED) is 0.698. The van der Waals surface area contributed by atoms with E-state index in [0.717, 1.165) is 6.42 Å². The molecule has 0 unspecified atom stereocenters. The standard InChI is InChI=1S/C21H22N4O4S/c26-20(15-7-2-1-3-8-15)22-12-13-23-21(27)17-10-6-14-25(17)19-16-9-4-5-11-18(16)30(28,29)24-19/h1-5,7-9,11,17H,6,10,12-14H2,(H,22,26)(H,23,27)/t17-/m0/s1. The molecule has 4 rings (SSSR count). The monoisotopic (exact) mass is 426 g/mol. The number of fused-ring (bicyclic) bond motifs is 1. The van der Waals surface area contributed by atoms with Crippen LogP contribution < -0.4 is 10.6 Å². The highest BCUT2D eigenvalue weighted by Crippen LogP contribution is 2.31. The van der Waals surface area contributed by atoms with Crippen LogP contribution in [0.5, 0.6) is 0 Å². The molecule has 2 aliphatic rings. The predicted octanol–water partition coefficient (Wildman–Crippen LogP) is 1.15. The Kier molecular flexibility index (Phi) is 5.54. The van der Waals surface area contributed by atoms with Gasteiger partial charge in [-0.3, -0.25) is 9.59 Å². The number of carbonyl (C=O) groups excluding carboxylic acids is 2. The van der Waals surface area contributed by atoms with Crippen LogP contribution in [-0.4, -0.2) is 56.6 Å². The van der Waals surface area contributed by atoms with Crippen molar-refractivity contribution in [2.45, 2.75) is 23.8 Å². The van der Waals surface area contributed by atoms with E-state index in [0.29, 0.717) is 36.5 Å². The number of nitrogens with one attached hydrogen (secondary N) is 2. The number of likely N-dealkylation sites (tertiary alicyclic amines) is 1. The summed E-state index contributed by atoms with van der Waals surface area (Å²) in [5.74, 6) is -0.0685. The van der Waals surface area contributed by atoms with E-state index in [9.17, 15) is 18.0 Å². The molecular formula is C21H22N4O4S. The van der Waals surface area contributed by atoms with Crippen molar-refractivity contribution in [1.82, 2.24) is 15.5 Å². The lowest BCUT2D eigenvalue weighted by Crippen LogP contribution is -2.47. The van der Waals surface area contributed by atoms with Crippen LogP contribution in [0.15, 0.2) is 63.9 Å². The first-order chi connectivity index (χ1) is 14.5. The Bertz CT molecular complexity index is 1100. The Labute approximate surface area is 175 Å². The number of hydrogen-bond donors (Lipinski definition) is 2. The van der Waals surface area contributed by atoms with Gasteiger partial charge in [0, 0.05) is 30.8 Å². The molecule has 0 aromatic heterocycles. The smallest absolute Gasteiger partial charge is 0.285 e. The predicted molar refractivity (Wildman–Crippen MR) is 112 cm³/mol. The Balaban J connectivity index is 1.36. The number of carbonyl (C=O) groups is 2. The first-order valence-electron chi connectivity index (χ1n) is 9.79. The average molecular weight is 426 g/mol. The summed E-state index contributed by atoms with van der Waals surface area (Å²) < 4.78 is 28.6. The largest absolute Gasteiger partial charge is 0.353 e. The molecule has 0 spiro atoms. The SMILES string of the molecule is O=C(NCCNC(=O)[C@@H]1CCCN1C1=NS(=O)(=O)c2ccccc21)c1ccccc1. The molecule has 0 bridgehead atoms. The first kappa shape index (κ1) is 20.1. The van der Waals surface area contributed by atoms with Gasteiger partial charge in [-0.15, -0.1) is 4.40 Å². The van der Waals surface area contributed by atoms with Gasteiger partial charge in [0.2, 0.25) is 5.91 Å². The summed E-state index contributed by atoms with van der Waals surface area (Å²) in [5.41, 5.74) is 1.09. The van der Waals surface area contributed by atoms with Crippen molar-refractivity contribution in [1.29, 1.82) is 0 Å². The van der Waals surface area contributed by atoms with Crippen molar-refractivity contribution < 1.29 is 18.0 Å². The summed E-state index contributed by atoms with van der Waals surface area (Å²) in [6, 6.07) is 15.0. The van der Waals surface area contributed by atoms with Crippen molar-refractivity contribution >= 4 is 27.7 Å². The zero-order valence-electron chi connectivity index (χ0n) is 16.2. The third kappa shape index (κ3) is 3.93. The van der Waals surface area contributed by atoms with Gasteiger partial charge in [-0.1, -0.05) is 30.3 Å². The van der Waals surface area contributed by atoms with Crippen molar-refractivity contribution in [3.05, 3.63) is 65.7 Å². The summed E-state index contributed by atoms with van der Waals surface area (Å²) in [6.07, 6.45) is 1.38. The van der Waals surface area contributed by atoms with E-state index in [-0.39, 0.29) is 23.3 Å². The number of amidine groups is 1. The maximum absolute atomic E-state index is 12.7. The fourth-order valence-electron chi connectivity index (χ4n) is 3.76. The Morgan fingerprint density at radius 1 is 1.00 bits per heavy atom. The normalized spacial score (nSPS) is 19.1. The molecule has 0 radical (unpaired) electrons. The van der Waals surface area contributed by atoms with Gasteiger partial charge < -0.3 is 15.5 Å². The van der Waals surface area contributed by atoms with Crippen LogP contribution in [0.25, 0.3) is 0 Å². The van der Waals surface area contributed by atoms with Crippen LogP contribution in [-0.2, 0) is 14.8 Å². The van der Waals surface area contributed by atoms with E-state index in [1.165, 1.54) is 6.07 Å². The molecule has 2 aliphatic heterocycles. The highest BCUT2D eigenvalue weighted by atomic mass is 32.2. The molecule has 30 heavy (non-hydrogen) atoms. The molecule has 0 saturated carbocycles. The third-order valence-electron chi connectivity index (χ3n) is 5.19. The second-order valence-electron chi connectivity index (χ2n) is 7.15. The molecule has 1 atom stereocenters. The topological polar surface area (TPSA) is 108 Å². The summed E-state index contributed by atoms with van der Waals surface area (Å²) in [7, 11) is -3.73. The van der Waals surface area contributed by atoms with Crippen molar-refractivity contribution in [2.24, 2.45) is 4.40 Å². The number of nitrogens with zero attached hydrogens (tertiary/aromatic N) is 2. The van der Waals surface area contributed by atoms with Gasteiger partial charge in [-0.25, -0.2) is 0 Å². The van der Waals surface area contributed by atoms with Crippen LogP contribution in [0, 0.1) is 0 Å². The van der Waals surface area contributed by atoms with Crippen LogP contribution in [0.2, 0.25) is 0 Å². The lowest BCUT2D eigenvalue weighted by molar-refractivity contribution is -0.124. The van der Waals surface area contributed by atoms with Crippen LogP contribution in [0.3, 0.4) is 0 Å². The van der Waals surface area contributed by atoms with Gasteiger partial charge in [0.15, 0.2) is 5.84 Å². The summed E-state index contributed by atoms with van der Waals surface area (Å²) in [5, 5.41) is 5.59. The molecule has 0 aliphatic carbocycles. The van der Waals surface area contributed by atoms with Crippen molar-refractivity contribution in [3.8, 4) is 0 Å². The molecule has 2 heterocycles. The summed E-state index contributed by atoms with van der Waals surface area (Å²) >= 11 is 0. The fourth-order valence-corrected chi connectivity index (χ4v) is 4.98. The van der Waals surface area contributed by atoms with E-state index in [4.69, 9.17) is 0 Å². The zero-order valence-corrected chi connectivity index (χ0v) is 17.1. The fraction of sp³-hybridized carbons (Fsp3) is 0.286. The maximum atomic E-state index is 12.7. The van der Waals surface area contributed by atoms with Gasteiger partial charge in [0.1, 0.15) is 10.9 Å². The van der Waals surface area contributed by atoms with E-state index < -0.39 is 16.1 Å². The second kappa shape index (κ2) is 8.27. The minimum atomic E-state index is -3.73. The highest BCUT2D eigenvalue weighted by molar-refractivity contribution is 7.90. The molecule has 9 heteroatoms.